The SMILES string of the molecule is CC1CN(Cc2ccc(C(=O)NN)cn2)CCN1C. The van der Waals surface area contributed by atoms with Gasteiger partial charge < -0.3 is 4.90 Å². The standard InChI is InChI=1S/C13H21N5O/c1-10-8-18(6-5-17(10)2)9-12-4-3-11(7-15-12)13(19)16-14/h3-4,7,10H,5-6,8-9,14H2,1-2H3,(H,16,19). The highest BCUT2D eigenvalue weighted by molar-refractivity contribution is 5.93. The molecule has 0 aromatic carbocycles. The minimum absolute atomic E-state index is 0.313. The van der Waals surface area contributed by atoms with Gasteiger partial charge in [-0.15, -0.1) is 0 Å². The first-order valence-corrected chi connectivity index (χ1v) is 6.48. The number of hydrazine groups is 1. The molecule has 6 nitrogen and oxygen atoms in total. The van der Waals surface area contributed by atoms with E-state index in [1.807, 2.05) is 6.07 Å². The van der Waals surface area contributed by atoms with Gasteiger partial charge in [0, 0.05) is 38.4 Å². The maximum atomic E-state index is 11.3. The molecule has 19 heavy (non-hydrogen) atoms. The van der Waals surface area contributed by atoms with Crippen LogP contribution >= 0.6 is 0 Å². The third-order valence-corrected chi connectivity index (χ3v) is 3.65. The Morgan fingerprint density at radius 1 is 1.53 bits per heavy atom. The van der Waals surface area contributed by atoms with Crippen molar-refractivity contribution < 1.29 is 4.79 Å². The molecule has 1 aromatic rings. The van der Waals surface area contributed by atoms with Crippen molar-refractivity contribution in [3.63, 3.8) is 0 Å². The number of nitrogens with one attached hydrogen (secondary N) is 1. The van der Waals surface area contributed by atoms with Crippen LogP contribution in [-0.4, -0.2) is 53.4 Å². The molecule has 0 bridgehead atoms. The summed E-state index contributed by atoms with van der Waals surface area (Å²) in [5.41, 5.74) is 3.56. The van der Waals surface area contributed by atoms with Crippen LogP contribution in [0, 0.1) is 0 Å². The van der Waals surface area contributed by atoms with E-state index in [4.69, 9.17) is 5.84 Å². The Bertz CT molecular complexity index is 433. The molecule has 1 atom stereocenters. The molecule has 6 heteroatoms. The number of aromatic nitrogens is 1. The second-order valence-electron chi connectivity index (χ2n) is 5.08. The van der Waals surface area contributed by atoms with Crippen LogP contribution in [0.25, 0.3) is 0 Å². The predicted molar refractivity (Wildman–Crippen MR) is 73.3 cm³/mol. The summed E-state index contributed by atoms with van der Waals surface area (Å²) in [6.45, 7) is 6.22. The van der Waals surface area contributed by atoms with E-state index in [1.165, 1.54) is 0 Å². The smallest absolute Gasteiger partial charge is 0.266 e. The van der Waals surface area contributed by atoms with Crippen molar-refractivity contribution in [3.05, 3.63) is 29.6 Å². The van der Waals surface area contributed by atoms with E-state index in [2.05, 4.69) is 34.2 Å². The summed E-state index contributed by atoms with van der Waals surface area (Å²) < 4.78 is 0. The summed E-state index contributed by atoms with van der Waals surface area (Å²) in [5, 5.41) is 0. The Hall–Kier alpha value is -1.50. The number of likely N-dealkylation sites (N-methyl/N-ethyl adjacent to an activating group) is 1. The number of rotatable bonds is 3. The molecule has 2 heterocycles. The average Bonchev–Trinajstić information content (AvgIpc) is 2.43. The van der Waals surface area contributed by atoms with Gasteiger partial charge >= 0.3 is 0 Å². The van der Waals surface area contributed by atoms with Gasteiger partial charge in [0.25, 0.3) is 5.91 Å². The monoisotopic (exact) mass is 263 g/mol. The number of pyridine rings is 1. The molecule has 0 saturated carbocycles. The maximum absolute atomic E-state index is 11.3. The van der Waals surface area contributed by atoms with E-state index >= 15 is 0 Å². The van der Waals surface area contributed by atoms with Gasteiger partial charge in [0.2, 0.25) is 0 Å². The number of carbonyl (C=O) groups is 1. The van der Waals surface area contributed by atoms with Crippen LogP contribution in [0.3, 0.4) is 0 Å². The molecule has 104 valence electrons. The van der Waals surface area contributed by atoms with Gasteiger partial charge in [0.15, 0.2) is 0 Å². The Balaban J connectivity index is 1.94. The lowest BCUT2D eigenvalue weighted by atomic mass is 10.2. The highest BCUT2D eigenvalue weighted by Gasteiger charge is 2.20. The zero-order valence-corrected chi connectivity index (χ0v) is 11.5. The number of nitrogens with two attached hydrogens (primary N) is 1. The minimum atomic E-state index is -0.313. The molecule has 1 aliphatic heterocycles. The summed E-state index contributed by atoms with van der Waals surface area (Å²) in [6.07, 6.45) is 1.57. The van der Waals surface area contributed by atoms with Crippen LogP contribution in [0.5, 0.6) is 0 Å². The topological polar surface area (TPSA) is 74.5 Å². The molecule has 1 aliphatic rings. The summed E-state index contributed by atoms with van der Waals surface area (Å²) in [4.78, 5) is 20.4. The Kier molecular flexibility index (Phi) is 4.47. The van der Waals surface area contributed by atoms with Crippen LogP contribution in [0.1, 0.15) is 23.0 Å². The van der Waals surface area contributed by atoms with Crippen LogP contribution in [0.2, 0.25) is 0 Å². The van der Waals surface area contributed by atoms with Gasteiger partial charge in [-0.25, -0.2) is 5.84 Å². The lowest BCUT2D eigenvalue weighted by molar-refractivity contribution is 0.0952. The van der Waals surface area contributed by atoms with Gasteiger partial charge in [-0.05, 0) is 26.1 Å². The first-order chi connectivity index (χ1) is 9.10. The number of nitrogen functional groups attached to an aromatic ring is 1. The molecule has 3 N–H and O–H groups in total. The van der Waals surface area contributed by atoms with E-state index in [-0.39, 0.29) is 5.91 Å². The molecule has 1 fully saturated rings. The molecule has 0 spiro atoms. The van der Waals surface area contributed by atoms with Crippen molar-refractivity contribution in [2.45, 2.75) is 19.5 Å². The molecule has 1 amide bonds. The normalized spacial score (nSPS) is 21.3. The zero-order valence-electron chi connectivity index (χ0n) is 11.5. The third kappa shape index (κ3) is 3.50. The molecule has 1 unspecified atom stereocenters. The van der Waals surface area contributed by atoms with Gasteiger partial charge in [-0.2, -0.15) is 0 Å². The summed E-state index contributed by atoms with van der Waals surface area (Å²) in [5.74, 6) is 4.77. The summed E-state index contributed by atoms with van der Waals surface area (Å²) >= 11 is 0. The first-order valence-electron chi connectivity index (χ1n) is 6.48. The number of hydrogen-bond acceptors (Lipinski definition) is 5. The van der Waals surface area contributed by atoms with E-state index in [1.54, 1.807) is 12.3 Å². The molecule has 1 saturated heterocycles. The van der Waals surface area contributed by atoms with Crippen molar-refractivity contribution in [1.29, 1.82) is 0 Å². The molecular weight excluding hydrogens is 242 g/mol. The number of hydrogen-bond donors (Lipinski definition) is 2. The average molecular weight is 263 g/mol. The van der Waals surface area contributed by atoms with Gasteiger partial charge in [-0.1, -0.05) is 0 Å². The van der Waals surface area contributed by atoms with Crippen molar-refractivity contribution in [2.24, 2.45) is 5.84 Å². The molecule has 2 rings (SSSR count). The van der Waals surface area contributed by atoms with Crippen molar-refractivity contribution in [1.82, 2.24) is 20.2 Å². The summed E-state index contributed by atoms with van der Waals surface area (Å²) in [6, 6.07) is 4.20. The van der Waals surface area contributed by atoms with Crippen LogP contribution in [0.4, 0.5) is 0 Å². The molecule has 0 aliphatic carbocycles. The predicted octanol–water partition coefficient (Wildman–Crippen LogP) is -0.179. The largest absolute Gasteiger partial charge is 0.301 e. The van der Waals surface area contributed by atoms with E-state index in [0.29, 0.717) is 11.6 Å². The zero-order chi connectivity index (χ0) is 13.8. The number of piperazine rings is 1. The van der Waals surface area contributed by atoms with Crippen LogP contribution < -0.4 is 11.3 Å². The highest BCUT2D eigenvalue weighted by Crippen LogP contribution is 2.10. The van der Waals surface area contributed by atoms with Gasteiger partial charge in [0.05, 0.1) is 11.3 Å². The quantitative estimate of drug-likeness (QED) is 0.449. The fraction of sp³-hybridized carbons (Fsp3) is 0.538. The Morgan fingerprint density at radius 2 is 2.32 bits per heavy atom. The van der Waals surface area contributed by atoms with Crippen LogP contribution in [-0.2, 0) is 6.54 Å². The number of nitrogens with zero attached hydrogens (tertiary/aromatic N) is 3. The summed E-state index contributed by atoms with van der Waals surface area (Å²) in [7, 11) is 2.15. The second-order valence-corrected chi connectivity index (χ2v) is 5.08. The van der Waals surface area contributed by atoms with E-state index in [9.17, 15) is 4.79 Å². The lowest BCUT2D eigenvalue weighted by Gasteiger charge is -2.37. The van der Waals surface area contributed by atoms with Crippen molar-refractivity contribution in [2.75, 3.05) is 26.7 Å². The van der Waals surface area contributed by atoms with Crippen LogP contribution in [0.15, 0.2) is 18.3 Å². The number of amides is 1. The second kappa shape index (κ2) is 6.10. The van der Waals surface area contributed by atoms with E-state index < -0.39 is 0 Å². The fourth-order valence-electron chi connectivity index (χ4n) is 2.23. The van der Waals surface area contributed by atoms with Crippen molar-refractivity contribution >= 4 is 5.91 Å². The third-order valence-electron chi connectivity index (χ3n) is 3.65. The number of carbonyl (C=O) groups excluding carboxylic acids is 1. The van der Waals surface area contributed by atoms with E-state index in [0.717, 1.165) is 31.9 Å². The fourth-order valence-corrected chi connectivity index (χ4v) is 2.23. The Morgan fingerprint density at radius 3 is 2.89 bits per heavy atom. The minimum Gasteiger partial charge on any atom is -0.301 e. The Labute approximate surface area is 113 Å². The first kappa shape index (κ1) is 13.9. The highest BCUT2D eigenvalue weighted by atomic mass is 16.2. The maximum Gasteiger partial charge on any atom is 0.266 e. The molecular formula is C13H21N5O. The van der Waals surface area contributed by atoms with Gasteiger partial charge in [-0.3, -0.25) is 20.1 Å². The van der Waals surface area contributed by atoms with Crippen molar-refractivity contribution in [3.8, 4) is 0 Å². The molecule has 0 radical (unpaired) electrons. The van der Waals surface area contributed by atoms with Gasteiger partial charge in [0.1, 0.15) is 0 Å². The molecule has 1 aromatic heterocycles. The lowest BCUT2D eigenvalue weighted by Crippen LogP contribution is -2.49.